The minimum atomic E-state index is -0.647. The molecule has 0 bridgehead atoms. The Labute approximate surface area is 167 Å². The number of methoxy groups -OCH3 is 1. The number of hydrogen-bond acceptors (Lipinski definition) is 5. The molecular formula is C24H17NO4. The maximum absolute atomic E-state index is 12.9. The van der Waals surface area contributed by atoms with Crippen LogP contribution in [-0.2, 0) is 0 Å². The summed E-state index contributed by atoms with van der Waals surface area (Å²) in [6.07, 6.45) is 0. The number of esters is 1. The molecule has 3 aromatic carbocycles. The Kier molecular flexibility index (Phi) is 5.03. The number of pyridine rings is 1. The van der Waals surface area contributed by atoms with Crippen molar-refractivity contribution in [3.05, 3.63) is 102 Å². The van der Waals surface area contributed by atoms with E-state index in [2.05, 4.69) is 4.98 Å². The molecule has 0 unspecified atom stereocenters. The Morgan fingerprint density at radius 1 is 0.828 bits per heavy atom. The highest BCUT2D eigenvalue weighted by atomic mass is 16.5. The number of carbonyl (C=O) groups is 2. The minimum absolute atomic E-state index is 0.123. The topological polar surface area (TPSA) is 65.5 Å². The Hall–Kier alpha value is -3.99. The number of benzene rings is 3. The van der Waals surface area contributed by atoms with Gasteiger partial charge in [-0.15, -0.1) is 0 Å². The third-order valence-electron chi connectivity index (χ3n) is 4.48. The molecule has 5 nitrogen and oxygen atoms in total. The molecule has 0 radical (unpaired) electrons. The van der Waals surface area contributed by atoms with Gasteiger partial charge in [0.05, 0.1) is 18.2 Å². The summed E-state index contributed by atoms with van der Waals surface area (Å²) in [6, 6.07) is 24.5. The number of fused-ring (bicyclic) bond motifs is 1. The van der Waals surface area contributed by atoms with Gasteiger partial charge in [0.15, 0.2) is 5.78 Å². The van der Waals surface area contributed by atoms with E-state index in [0.717, 1.165) is 5.39 Å². The molecule has 4 rings (SSSR count). The van der Waals surface area contributed by atoms with E-state index in [1.165, 1.54) is 13.2 Å². The van der Waals surface area contributed by atoms with E-state index in [9.17, 15) is 9.59 Å². The van der Waals surface area contributed by atoms with E-state index in [-0.39, 0.29) is 22.8 Å². The SMILES string of the molecule is COc1ccc(C(=O)c2ccccc2)c(OC(=O)c2ccc3ccccc3n2)c1. The summed E-state index contributed by atoms with van der Waals surface area (Å²) >= 11 is 0. The summed E-state index contributed by atoms with van der Waals surface area (Å²) < 4.78 is 10.8. The molecule has 0 saturated carbocycles. The summed E-state index contributed by atoms with van der Waals surface area (Å²) in [4.78, 5) is 30.0. The highest BCUT2D eigenvalue weighted by Crippen LogP contribution is 2.28. The summed E-state index contributed by atoms with van der Waals surface area (Å²) in [5.41, 5.74) is 1.61. The molecule has 142 valence electrons. The Balaban J connectivity index is 1.69. The molecule has 0 saturated heterocycles. The zero-order valence-corrected chi connectivity index (χ0v) is 15.7. The third kappa shape index (κ3) is 3.84. The number of nitrogens with zero attached hydrogens (tertiary/aromatic N) is 1. The van der Waals surface area contributed by atoms with E-state index in [4.69, 9.17) is 9.47 Å². The van der Waals surface area contributed by atoms with E-state index in [1.807, 2.05) is 30.3 Å². The van der Waals surface area contributed by atoms with E-state index in [0.29, 0.717) is 16.8 Å². The van der Waals surface area contributed by atoms with Crippen molar-refractivity contribution in [2.75, 3.05) is 7.11 Å². The average Bonchev–Trinajstić information content (AvgIpc) is 2.78. The van der Waals surface area contributed by atoms with Crippen LogP contribution in [0.3, 0.4) is 0 Å². The molecule has 1 aromatic heterocycles. The summed E-state index contributed by atoms with van der Waals surface area (Å²) in [7, 11) is 1.50. The molecule has 0 atom stereocenters. The van der Waals surface area contributed by atoms with Crippen LogP contribution in [0, 0.1) is 0 Å². The molecule has 0 aliphatic heterocycles. The van der Waals surface area contributed by atoms with Crippen LogP contribution in [0.5, 0.6) is 11.5 Å². The first-order valence-electron chi connectivity index (χ1n) is 9.01. The van der Waals surface area contributed by atoms with E-state index in [1.54, 1.807) is 48.5 Å². The molecule has 5 heteroatoms. The molecule has 0 N–H and O–H groups in total. The number of para-hydroxylation sites is 1. The predicted octanol–water partition coefficient (Wildman–Crippen LogP) is 4.69. The Morgan fingerprint density at radius 3 is 2.38 bits per heavy atom. The second-order valence-electron chi connectivity index (χ2n) is 6.34. The van der Waals surface area contributed by atoms with E-state index < -0.39 is 5.97 Å². The molecule has 0 amide bonds. The fourth-order valence-corrected chi connectivity index (χ4v) is 2.98. The maximum Gasteiger partial charge on any atom is 0.362 e. The van der Waals surface area contributed by atoms with Crippen LogP contribution in [-0.4, -0.2) is 23.8 Å². The summed E-state index contributed by atoms with van der Waals surface area (Å²) in [6.45, 7) is 0. The van der Waals surface area contributed by atoms with Crippen LogP contribution >= 0.6 is 0 Å². The number of rotatable bonds is 5. The minimum Gasteiger partial charge on any atom is -0.497 e. The van der Waals surface area contributed by atoms with Crippen LogP contribution in [0.2, 0.25) is 0 Å². The fourth-order valence-electron chi connectivity index (χ4n) is 2.98. The highest BCUT2D eigenvalue weighted by molar-refractivity contribution is 6.11. The van der Waals surface area contributed by atoms with Crippen LogP contribution in [0.25, 0.3) is 10.9 Å². The van der Waals surface area contributed by atoms with Crippen molar-refractivity contribution in [2.45, 2.75) is 0 Å². The summed E-state index contributed by atoms with van der Waals surface area (Å²) in [5, 5.41) is 0.922. The zero-order chi connectivity index (χ0) is 20.2. The molecule has 0 aliphatic rings. The van der Waals surface area contributed by atoms with E-state index >= 15 is 0 Å². The Bertz CT molecular complexity index is 1200. The third-order valence-corrected chi connectivity index (χ3v) is 4.48. The van der Waals surface area contributed by atoms with Gasteiger partial charge < -0.3 is 9.47 Å². The van der Waals surface area contributed by atoms with Crippen molar-refractivity contribution >= 4 is 22.7 Å². The van der Waals surface area contributed by atoms with Crippen LogP contribution in [0.15, 0.2) is 84.9 Å². The first-order valence-corrected chi connectivity index (χ1v) is 9.01. The van der Waals surface area contributed by atoms with Gasteiger partial charge in [-0.1, -0.05) is 54.6 Å². The second-order valence-corrected chi connectivity index (χ2v) is 6.34. The van der Waals surface area contributed by atoms with Gasteiger partial charge in [-0.25, -0.2) is 9.78 Å². The van der Waals surface area contributed by atoms with Gasteiger partial charge in [0.25, 0.3) is 0 Å². The van der Waals surface area contributed by atoms with Crippen molar-refractivity contribution in [1.29, 1.82) is 0 Å². The lowest BCUT2D eigenvalue weighted by atomic mass is 10.0. The first-order chi connectivity index (χ1) is 14.2. The number of hydrogen-bond donors (Lipinski definition) is 0. The lowest BCUT2D eigenvalue weighted by Crippen LogP contribution is -2.13. The highest BCUT2D eigenvalue weighted by Gasteiger charge is 2.19. The van der Waals surface area contributed by atoms with Gasteiger partial charge in [-0.2, -0.15) is 0 Å². The fraction of sp³-hybridized carbons (Fsp3) is 0.0417. The van der Waals surface area contributed by atoms with Gasteiger partial charge in [-0.05, 0) is 24.3 Å². The smallest absolute Gasteiger partial charge is 0.362 e. The Morgan fingerprint density at radius 2 is 1.59 bits per heavy atom. The lowest BCUT2D eigenvalue weighted by molar-refractivity contribution is 0.0727. The van der Waals surface area contributed by atoms with Crippen LogP contribution in [0.4, 0.5) is 0 Å². The average molecular weight is 383 g/mol. The van der Waals surface area contributed by atoms with Crippen molar-refractivity contribution < 1.29 is 19.1 Å². The van der Waals surface area contributed by atoms with Crippen molar-refractivity contribution in [3.8, 4) is 11.5 Å². The van der Waals surface area contributed by atoms with Gasteiger partial charge in [0, 0.05) is 17.0 Å². The number of ether oxygens (including phenoxy) is 2. The molecule has 1 heterocycles. The maximum atomic E-state index is 12.9. The van der Waals surface area contributed by atoms with Gasteiger partial charge in [-0.3, -0.25) is 4.79 Å². The molecule has 0 fully saturated rings. The molecule has 4 aromatic rings. The molecule has 29 heavy (non-hydrogen) atoms. The van der Waals surface area contributed by atoms with Gasteiger partial charge >= 0.3 is 5.97 Å². The quantitative estimate of drug-likeness (QED) is 0.284. The zero-order valence-electron chi connectivity index (χ0n) is 15.7. The standard InChI is InChI=1S/C24H17NO4/c1-28-18-12-13-19(23(26)17-8-3-2-4-9-17)22(15-18)29-24(27)21-14-11-16-7-5-6-10-20(16)25-21/h2-15H,1H3. The number of carbonyl (C=O) groups excluding carboxylic acids is 2. The van der Waals surface area contributed by atoms with Crippen molar-refractivity contribution in [3.63, 3.8) is 0 Å². The van der Waals surface area contributed by atoms with Crippen LogP contribution in [0.1, 0.15) is 26.4 Å². The van der Waals surface area contributed by atoms with Gasteiger partial charge in [0.2, 0.25) is 0 Å². The molecule has 0 aliphatic carbocycles. The van der Waals surface area contributed by atoms with Crippen molar-refractivity contribution in [1.82, 2.24) is 4.98 Å². The normalized spacial score (nSPS) is 10.5. The molecule has 0 spiro atoms. The summed E-state index contributed by atoms with van der Waals surface area (Å²) in [5.74, 6) is -0.296. The predicted molar refractivity (Wildman–Crippen MR) is 110 cm³/mol. The monoisotopic (exact) mass is 383 g/mol. The number of ketones is 1. The molecular weight excluding hydrogens is 366 g/mol. The second kappa shape index (κ2) is 7.94. The van der Waals surface area contributed by atoms with Crippen LogP contribution < -0.4 is 9.47 Å². The number of aromatic nitrogens is 1. The first kappa shape index (κ1) is 18.4. The largest absolute Gasteiger partial charge is 0.497 e. The van der Waals surface area contributed by atoms with Crippen molar-refractivity contribution in [2.24, 2.45) is 0 Å². The lowest BCUT2D eigenvalue weighted by Gasteiger charge is -2.11. The van der Waals surface area contributed by atoms with Gasteiger partial charge in [0.1, 0.15) is 17.2 Å².